The number of aromatic nitrogens is 4. The van der Waals surface area contributed by atoms with Crippen LogP contribution in [0.3, 0.4) is 0 Å². The number of fused-ring (bicyclic) bond motifs is 3. The van der Waals surface area contributed by atoms with Gasteiger partial charge in [-0.05, 0) is 49.1 Å². The van der Waals surface area contributed by atoms with Gasteiger partial charge in [-0.25, -0.2) is 8.97 Å². The van der Waals surface area contributed by atoms with Crippen LogP contribution in [0.15, 0.2) is 53.3 Å². The first-order chi connectivity index (χ1) is 13.3. The van der Waals surface area contributed by atoms with Gasteiger partial charge >= 0.3 is 0 Å². The molecule has 0 spiro atoms. The fourth-order valence-electron chi connectivity index (χ4n) is 3.92. The Morgan fingerprint density at radius 1 is 0.963 bits per heavy atom. The number of rotatable bonds is 3. The predicted molar refractivity (Wildman–Crippen MR) is 107 cm³/mol. The molecule has 6 heteroatoms. The SMILES string of the molecule is CCc1ccc(-n2c(=O)c3ccccc3n3c(N4CCCC4)nnc23)cc1. The summed E-state index contributed by atoms with van der Waals surface area (Å²) in [5.74, 6) is 1.38. The van der Waals surface area contributed by atoms with E-state index in [0.717, 1.165) is 49.5 Å². The highest BCUT2D eigenvalue weighted by atomic mass is 16.1. The first-order valence-electron chi connectivity index (χ1n) is 9.51. The van der Waals surface area contributed by atoms with Gasteiger partial charge in [0.05, 0.1) is 16.6 Å². The summed E-state index contributed by atoms with van der Waals surface area (Å²) < 4.78 is 3.70. The quantitative estimate of drug-likeness (QED) is 0.564. The fourth-order valence-corrected chi connectivity index (χ4v) is 3.92. The fraction of sp³-hybridized carbons (Fsp3) is 0.286. The number of hydrogen-bond acceptors (Lipinski definition) is 4. The van der Waals surface area contributed by atoms with Crippen LogP contribution in [0.2, 0.25) is 0 Å². The molecule has 136 valence electrons. The molecule has 5 rings (SSSR count). The van der Waals surface area contributed by atoms with Gasteiger partial charge in [0.25, 0.3) is 5.56 Å². The normalized spacial score (nSPS) is 14.5. The smallest absolute Gasteiger partial charge is 0.267 e. The van der Waals surface area contributed by atoms with Crippen molar-refractivity contribution in [3.63, 3.8) is 0 Å². The van der Waals surface area contributed by atoms with Crippen molar-refractivity contribution in [3.05, 3.63) is 64.4 Å². The summed E-state index contributed by atoms with van der Waals surface area (Å²) >= 11 is 0. The molecular weight excluding hydrogens is 338 g/mol. The molecular formula is C21H21N5O. The van der Waals surface area contributed by atoms with E-state index < -0.39 is 0 Å². The number of anilines is 1. The van der Waals surface area contributed by atoms with E-state index in [-0.39, 0.29) is 5.56 Å². The van der Waals surface area contributed by atoms with Gasteiger partial charge in [0.1, 0.15) is 0 Å². The molecule has 0 bridgehead atoms. The van der Waals surface area contributed by atoms with Crippen LogP contribution in [0, 0.1) is 0 Å². The lowest BCUT2D eigenvalue weighted by molar-refractivity contribution is 0.888. The van der Waals surface area contributed by atoms with Gasteiger partial charge in [0.2, 0.25) is 11.7 Å². The molecule has 0 aliphatic carbocycles. The van der Waals surface area contributed by atoms with Crippen molar-refractivity contribution in [3.8, 4) is 5.69 Å². The number of benzene rings is 2. The lowest BCUT2D eigenvalue weighted by Gasteiger charge is -2.17. The van der Waals surface area contributed by atoms with Crippen LogP contribution < -0.4 is 10.5 Å². The third-order valence-corrected chi connectivity index (χ3v) is 5.40. The second-order valence-corrected chi connectivity index (χ2v) is 7.01. The number of nitrogens with zero attached hydrogens (tertiary/aromatic N) is 5. The Kier molecular flexibility index (Phi) is 3.70. The molecule has 0 atom stereocenters. The first-order valence-corrected chi connectivity index (χ1v) is 9.51. The third-order valence-electron chi connectivity index (χ3n) is 5.40. The van der Waals surface area contributed by atoms with Crippen LogP contribution in [0.25, 0.3) is 22.4 Å². The van der Waals surface area contributed by atoms with Crippen LogP contribution in [0.4, 0.5) is 5.95 Å². The molecule has 3 heterocycles. The average Bonchev–Trinajstić information content (AvgIpc) is 3.38. The van der Waals surface area contributed by atoms with Gasteiger partial charge in [-0.1, -0.05) is 31.2 Å². The van der Waals surface area contributed by atoms with Crippen LogP contribution >= 0.6 is 0 Å². The maximum atomic E-state index is 13.3. The second-order valence-electron chi connectivity index (χ2n) is 7.01. The minimum atomic E-state index is -0.0669. The monoisotopic (exact) mass is 359 g/mol. The van der Waals surface area contributed by atoms with Gasteiger partial charge in [-0.3, -0.25) is 4.79 Å². The molecule has 6 nitrogen and oxygen atoms in total. The van der Waals surface area contributed by atoms with Crippen molar-refractivity contribution in [2.75, 3.05) is 18.0 Å². The van der Waals surface area contributed by atoms with Crippen molar-refractivity contribution in [2.45, 2.75) is 26.2 Å². The highest BCUT2D eigenvalue weighted by Gasteiger charge is 2.22. The standard InChI is InChI=1S/C21H21N5O/c1-2-15-9-11-16(12-10-15)25-19(27)17-7-3-4-8-18(17)26-20(22-23-21(25)26)24-13-5-6-14-24/h3-4,7-12H,2,5-6,13-14H2,1H3. The van der Waals surface area contributed by atoms with E-state index in [4.69, 9.17) is 0 Å². The molecule has 0 unspecified atom stereocenters. The first kappa shape index (κ1) is 16.1. The maximum Gasteiger partial charge on any atom is 0.267 e. The molecule has 2 aromatic carbocycles. The van der Waals surface area contributed by atoms with E-state index in [1.165, 1.54) is 5.56 Å². The largest absolute Gasteiger partial charge is 0.341 e. The molecule has 1 saturated heterocycles. The summed E-state index contributed by atoms with van der Waals surface area (Å²) in [7, 11) is 0. The van der Waals surface area contributed by atoms with Crippen LogP contribution in [0.5, 0.6) is 0 Å². The Bertz CT molecular complexity index is 1180. The molecule has 2 aromatic heterocycles. The zero-order valence-corrected chi connectivity index (χ0v) is 15.3. The lowest BCUT2D eigenvalue weighted by Crippen LogP contribution is -2.24. The Hall–Kier alpha value is -3.15. The van der Waals surface area contributed by atoms with Crippen molar-refractivity contribution in [1.82, 2.24) is 19.2 Å². The third kappa shape index (κ3) is 2.44. The summed E-state index contributed by atoms with van der Waals surface area (Å²) in [5, 5.41) is 9.57. The molecule has 0 N–H and O–H groups in total. The minimum Gasteiger partial charge on any atom is -0.341 e. The Labute approximate surface area is 156 Å². The van der Waals surface area contributed by atoms with Gasteiger partial charge in [0.15, 0.2) is 0 Å². The molecule has 0 saturated carbocycles. The molecule has 4 aromatic rings. The van der Waals surface area contributed by atoms with Gasteiger partial charge in [-0.15, -0.1) is 10.2 Å². The molecule has 27 heavy (non-hydrogen) atoms. The van der Waals surface area contributed by atoms with E-state index in [2.05, 4.69) is 34.2 Å². The summed E-state index contributed by atoms with van der Waals surface area (Å²) in [4.78, 5) is 15.5. The Balaban J connectivity index is 1.86. The lowest BCUT2D eigenvalue weighted by atomic mass is 10.1. The number of hydrogen-bond donors (Lipinski definition) is 0. The van der Waals surface area contributed by atoms with E-state index in [0.29, 0.717) is 11.2 Å². The van der Waals surface area contributed by atoms with Crippen LogP contribution in [0.1, 0.15) is 25.3 Å². The molecule has 0 amide bonds. The van der Waals surface area contributed by atoms with Crippen molar-refractivity contribution >= 4 is 22.6 Å². The highest BCUT2D eigenvalue weighted by Crippen LogP contribution is 2.24. The molecule has 1 aliphatic heterocycles. The molecule has 1 fully saturated rings. The Morgan fingerprint density at radius 3 is 2.44 bits per heavy atom. The maximum absolute atomic E-state index is 13.3. The Morgan fingerprint density at radius 2 is 1.70 bits per heavy atom. The minimum absolute atomic E-state index is 0.0669. The zero-order chi connectivity index (χ0) is 18.4. The van der Waals surface area contributed by atoms with Crippen molar-refractivity contribution in [2.24, 2.45) is 0 Å². The topological polar surface area (TPSA) is 55.4 Å². The zero-order valence-electron chi connectivity index (χ0n) is 15.3. The molecule has 0 radical (unpaired) electrons. The van der Waals surface area contributed by atoms with Gasteiger partial charge in [-0.2, -0.15) is 0 Å². The summed E-state index contributed by atoms with van der Waals surface area (Å²) in [6.07, 6.45) is 3.28. The van der Waals surface area contributed by atoms with Gasteiger partial charge < -0.3 is 4.90 Å². The second kappa shape index (κ2) is 6.23. The van der Waals surface area contributed by atoms with Crippen molar-refractivity contribution < 1.29 is 0 Å². The van der Waals surface area contributed by atoms with E-state index >= 15 is 0 Å². The van der Waals surface area contributed by atoms with E-state index in [1.807, 2.05) is 40.8 Å². The van der Waals surface area contributed by atoms with E-state index in [9.17, 15) is 4.79 Å². The number of para-hydroxylation sites is 1. The van der Waals surface area contributed by atoms with Crippen LogP contribution in [-0.4, -0.2) is 32.3 Å². The predicted octanol–water partition coefficient (Wildman–Crippen LogP) is 3.20. The summed E-state index contributed by atoms with van der Waals surface area (Å²) in [5.41, 5.74) is 2.84. The average molecular weight is 359 g/mol. The van der Waals surface area contributed by atoms with Crippen molar-refractivity contribution in [1.29, 1.82) is 0 Å². The summed E-state index contributed by atoms with van der Waals surface area (Å²) in [6.45, 7) is 4.06. The molecule has 1 aliphatic rings. The highest BCUT2D eigenvalue weighted by molar-refractivity contribution is 5.82. The summed E-state index contributed by atoms with van der Waals surface area (Å²) in [6, 6.07) is 15.8. The van der Waals surface area contributed by atoms with Crippen LogP contribution in [-0.2, 0) is 6.42 Å². The van der Waals surface area contributed by atoms with E-state index in [1.54, 1.807) is 4.57 Å². The number of aryl methyl sites for hydroxylation is 1. The van der Waals surface area contributed by atoms with Gasteiger partial charge in [0, 0.05) is 13.1 Å².